The average Bonchev–Trinajstić information content (AvgIpc) is 2.80. The number of anilines is 1. The van der Waals surface area contributed by atoms with Gasteiger partial charge >= 0.3 is 6.03 Å². The van der Waals surface area contributed by atoms with Gasteiger partial charge in [0.25, 0.3) is 0 Å². The number of benzene rings is 2. The Balaban J connectivity index is 1.22. The number of urea groups is 1. The molecule has 3 aliphatic heterocycles. The smallest absolute Gasteiger partial charge is 0.321 e. The Morgan fingerprint density at radius 3 is 2.40 bits per heavy atom. The van der Waals surface area contributed by atoms with E-state index in [0.717, 1.165) is 17.0 Å². The number of piperidine rings is 1. The van der Waals surface area contributed by atoms with Gasteiger partial charge in [0.15, 0.2) is 0 Å². The number of pyridine rings is 1. The van der Waals surface area contributed by atoms with Crippen molar-refractivity contribution in [2.75, 3.05) is 25.5 Å². The molecule has 2 bridgehead atoms. The second-order valence-corrected chi connectivity index (χ2v) is 7.83. The molecule has 1 unspecified atom stereocenters. The second kappa shape index (κ2) is 7.80. The lowest BCUT2D eigenvalue weighted by Gasteiger charge is -2.54. The zero-order valence-corrected chi connectivity index (χ0v) is 16.8. The number of nitrogens with zero attached hydrogens (tertiary/aromatic N) is 2. The molecule has 3 fully saturated rings. The minimum atomic E-state index is -0.0537. The van der Waals surface area contributed by atoms with Crippen LogP contribution in [0.4, 0.5) is 10.5 Å². The highest BCUT2D eigenvalue weighted by Gasteiger charge is 2.48. The Bertz CT molecular complexity index is 1010. The quantitative estimate of drug-likeness (QED) is 0.700. The fourth-order valence-electron chi connectivity index (χ4n) is 4.46. The fourth-order valence-corrected chi connectivity index (χ4v) is 4.46. The molecule has 0 saturated carbocycles. The second-order valence-electron chi connectivity index (χ2n) is 7.83. The maximum Gasteiger partial charge on any atom is 0.321 e. The third kappa shape index (κ3) is 3.50. The minimum Gasteiger partial charge on any atom is -0.497 e. The summed E-state index contributed by atoms with van der Waals surface area (Å²) in [5.41, 5.74) is 4.39. The molecule has 3 aliphatic rings. The normalized spacial score (nSPS) is 22.2. The van der Waals surface area contributed by atoms with Crippen molar-refractivity contribution < 1.29 is 9.53 Å². The van der Waals surface area contributed by atoms with E-state index in [4.69, 9.17) is 4.74 Å². The summed E-state index contributed by atoms with van der Waals surface area (Å²) < 4.78 is 5.16. The number of amides is 2. The molecule has 6 heteroatoms. The van der Waals surface area contributed by atoms with Crippen LogP contribution >= 0.6 is 0 Å². The lowest BCUT2D eigenvalue weighted by molar-refractivity contribution is 0.0759. The van der Waals surface area contributed by atoms with Gasteiger partial charge in [0.2, 0.25) is 0 Å². The van der Waals surface area contributed by atoms with Gasteiger partial charge in [-0.3, -0.25) is 4.98 Å². The van der Waals surface area contributed by atoms with Gasteiger partial charge in [-0.25, -0.2) is 4.79 Å². The predicted molar refractivity (Wildman–Crippen MR) is 117 cm³/mol. The first-order valence-corrected chi connectivity index (χ1v) is 10.2. The molecule has 6 rings (SSSR count). The molecule has 6 nitrogen and oxygen atoms in total. The molecule has 0 radical (unpaired) electrons. The maximum atomic E-state index is 12.7. The van der Waals surface area contributed by atoms with Crippen molar-refractivity contribution in [3.63, 3.8) is 0 Å². The topological polar surface area (TPSA) is 66.5 Å². The Morgan fingerprint density at radius 2 is 1.77 bits per heavy atom. The van der Waals surface area contributed by atoms with Gasteiger partial charge in [-0.2, -0.15) is 0 Å². The molecule has 4 heterocycles. The van der Waals surface area contributed by atoms with Gasteiger partial charge in [-0.15, -0.1) is 0 Å². The van der Waals surface area contributed by atoms with Crippen molar-refractivity contribution in [2.24, 2.45) is 0 Å². The number of hydrogen-bond donors (Lipinski definition) is 2. The van der Waals surface area contributed by atoms with E-state index in [1.807, 2.05) is 41.4 Å². The predicted octanol–water partition coefficient (Wildman–Crippen LogP) is 3.73. The summed E-state index contributed by atoms with van der Waals surface area (Å²) >= 11 is 0. The van der Waals surface area contributed by atoms with Crippen LogP contribution in [-0.2, 0) is 0 Å². The van der Waals surface area contributed by atoms with Crippen molar-refractivity contribution in [1.82, 2.24) is 15.2 Å². The van der Waals surface area contributed by atoms with Crippen LogP contribution in [0, 0.1) is 0 Å². The zero-order chi connectivity index (χ0) is 20.5. The third-order valence-electron chi connectivity index (χ3n) is 6.05. The van der Waals surface area contributed by atoms with Crippen molar-refractivity contribution in [2.45, 2.75) is 18.0 Å². The zero-order valence-electron chi connectivity index (χ0n) is 16.8. The number of fused-ring (bicyclic) bond motifs is 2. The van der Waals surface area contributed by atoms with E-state index in [9.17, 15) is 4.79 Å². The van der Waals surface area contributed by atoms with Gasteiger partial charge < -0.3 is 20.3 Å². The number of carbonyl (C=O) groups is 1. The first kappa shape index (κ1) is 18.6. The number of methoxy groups -OCH3 is 1. The molecular weight excluding hydrogens is 376 g/mol. The Morgan fingerprint density at radius 1 is 1.03 bits per heavy atom. The number of piperazine rings is 1. The number of rotatable bonds is 4. The number of carbonyl (C=O) groups excluding carboxylic acids is 1. The molecule has 1 aromatic heterocycles. The summed E-state index contributed by atoms with van der Waals surface area (Å²) in [4.78, 5) is 18.8. The number of nitrogens with one attached hydrogen (secondary N) is 2. The average molecular weight is 400 g/mol. The van der Waals surface area contributed by atoms with E-state index in [1.165, 1.54) is 11.1 Å². The third-order valence-corrected chi connectivity index (χ3v) is 6.05. The summed E-state index contributed by atoms with van der Waals surface area (Å²) in [6.07, 6.45) is 3.67. The molecule has 3 saturated heterocycles. The van der Waals surface area contributed by atoms with Crippen LogP contribution in [0.25, 0.3) is 11.1 Å². The van der Waals surface area contributed by atoms with E-state index >= 15 is 0 Å². The number of hydrogen-bond acceptors (Lipinski definition) is 4. The van der Waals surface area contributed by atoms with Crippen LogP contribution in [-0.4, -0.2) is 48.2 Å². The van der Waals surface area contributed by atoms with Gasteiger partial charge in [0.05, 0.1) is 7.11 Å². The summed E-state index contributed by atoms with van der Waals surface area (Å²) in [5.74, 6) is 1.21. The van der Waals surface area contributed by atoms with Gasteiger partial charge in [-0.05, 0) is 47.0 Å². The highest BCUT2D eigenvalue weighted by molar-refractivity contribution is 5.89. The fraction of sp³-hybridized carbons (Fsp3) is 0.250. The Kier molecular flexibility index (Phi) is 4.85. The molecule has 30 heavy (non-hydrogen) atoms. The van der Waals surface area contributed by atoms with Crippen LogP contribution in [0.3, 0.4) is 0 Å². The molecule has 2 amide bonds. The number of ether oxygens (including phenoxy) is 1. The monoisotopic (exact) mass is 400 g/mol. The van der Waals surface area contributed by atoms with E-state index in [1.54, 1.807) is 13.3 Å². The van der Waals surface area contributed by atoms with Crippen molar-refractivity contribution in [3.8, 4) is 16.9 Å². The molecule has 152 valence electrons. The summed E-state index contributed by atoms with van der Waals surface area (Å²) in [7, 11) is 1.63. The molecule has 3 atom stereocenters. The molecule has 2 aromatic carbocycles. The lowest BCUT2D eigenvalue weighted by Crippen LogP contribution is -2.72. The Labute approximate surface area is 175 Å². The SMILES string of the molecule is COc1ccc(NC(=O)N2C[C@@H]3N[C@H](C2)C3c2ccc(-c3cccnc3)cc2)cc1. The van der Waals surface area contributed by atoms with Crippen LogP contribution in [0.2, 0.25) is 0 Å². The lowest BCUT2D eigenvalue weighted by atomic mass is 9.74. The van der Waals surface area contributed by atoms with Crippen LogP contribution < -0.4 is 15.4 Å². The van der Waals surface area contributed by atoms with E-state index < -0.39 is 0 Å². The van der Waals surface area contributed by atoms with E-state index in [0.29, 0.717) is 19.0 Å². The molecule has 3 aromatic rings. The van der Waals surface area contributed by atoms with Gasteiger partial charge in [0, 0.05) is 49.2 Å². The van der Waals surface area contributed by atoms with Crippen molar-refractivity contribution in [3.05, 3.63) is 78.6 Å². The van der Waals surface area contributed by atoms with Crippen molar-refractivity contribution >= 4 is 11.7 Å². The van der Waals surface area contributed by atoms with Gasteiger partial charge in [0.1, 0.15) is 5.75 Å². The molecule has 2 N–H and O–H groups in total. The summed E-state index contributed by atoms with van der Waals surface area (Å²) in [6, 6.07) is 20.7. The van der Waals surface area contributed by atoms with Crippen molar-refractivity contribution in [1.29, 1.82) is 0 Å². The first-order chi connectivity index (χ1) is 14.7. The molecule has 0 spiro atoms. The molecular formula is C24H24N4O2. The van der Waals surface area contributed by atoms with Crippen LogP contribution in [0.15, 0.2) is 73.1 Å². The summed E-state index contributed by atoms with van der Waals surface area (Å²) in [5, 5.41) is 6.57. The highest BCUT2D eigenvalue weighted by atomic mass is 16.5. The van der Waals surface area contributed by atoms with E-state index in [-0.39, 0.29) is 18.1 Å². The largest absolute Gasteiger partial charge is 0.497 e. The highest BCUT2D eigenvalue weighted by Crippen LogP contribution is 2.37. The first-order valence-electron chi connectivity index (χ1n) is 10.2. The Hall–Kier alpha value is -3.38. The van der Waals surface area contributed by atoms with Crippen LogP contribution in [0.1, 0.15) is 11.5 Å². The van der Waals surface area contributed by atoms with E-state index in [2.05, 4.69) is 45.9 Å². The standard InChI is InChI=1S/C24H24N4O2/c1-30-20-10-8-19(9-11-20)26-24(29)28-14-21-23(22(15-28)27-21)17-6-4-16(5-7-17)18-3-2-12-25-13-18/h2-13,21-23,27H,14-15H2,1H3,(H,26,29)/t21-,22+,23?. The van der Waals surface area contributed by atoms with Gasteiger partial charge in [-0.1, -0.05) is 30.3 Å². The summed E-state index contributed by atoms with van der Waals surface area (Å²) in [6.45, 7) is 1.40. The maximum absolute atomic E-state index is 12.7. The minimum absolute atomic E-state index is 0.0537. The number of aromatic nitrogens is 1. The molecule has 0 aliphatic carbocycles. The van der Waals surface area contributed by atoms with Crippen LogP contribution in [0.5, 0.6) is 5.75 Å².